The number of ketones is 1. The van der Waals surface area contributed by atoms with E-state index in [1.165, 1.54) is 19.2 Å². The molecule has 1 N–H and O–H groups in total. The Bertz CT molecular complexity index is 419. The SMILES string of the molecule is CC(=O)/C=C/C=C/NC(=O)c1ccccc1. The molecule has 0 radical (unpaired) electrons. The quantitative estimate of drug-likeness (QED) is 0.617. The topological polar surface area (TPSA) is 46.2 Å². The summed E-state index contributed by atoms with van der Waals surface area (Å²) in [6.45, 7) is 1.47. The van der Waals surface area contributed by atoms with E-state index in [2.05, 4.69) is 5.32 Å². The lowest BCUT2D eigenvalue weighted by atomic mass is 10.2. The van der Waals surface area contributed by atoms with Crippen molar-refractivity contribution < 1.29 is 9.59 Å². The number of nitrogens with one attached hydrogen (secondary N) is 1. The average molecular weight is 215 g/mol. The van der Waals surface area contributed by atoms with Crippen molar-refractivity contribution in [3.8, 4) is 0 Å². The summed E-state index contributed by atoms with van der Waals surface area (Å²) >= 11 is 0. The molecule has 0 aromatic heterocycles. The fraction of sp³-hybridized carbons (Fsp3) is 0.0769. The molecular formula is C13H13NO2. The minimum absolute atomic E-state index is 0.0287. The van der Waals surface area contributed by atoms with Crippen molar-refractivity contribution in [1.29, 1.82) is 0 Å². The van der Waals surface area contributed by atoms with Crippen LogP contribution in [0.4, 0.5) is 0 Å². The van der Waals surface area contributed by atoms with E-state index in [4.69, 9.17) is 0 Å². The van der Waals surface area contributed by atoms with Gasteiger partial charge in [0.1, 0.15) is 0 Å². The molecule has 0 aliphatic heterocycles. The molecule has 0 aliphatic carbocycles. The number of allylic oxidation sites excluding steroid dienone is 3. The second kappa shape index (κ2) is 6.35. The Morgan fingerprint density at radius 3 is 2.44 bits per heavy atom. The molecule has 3 nitrogen and oxygen atoms in total. The molecule has 0 saturated heterocycles. The molecule has 0 fully saturated rings. The van der Waals surface area contributed by atoms with Gasteiger partial charge in [-0.25, -0.2) is 0 Å². The van der Waals surface area contributed by atoms with Crippen LogP contribution in [-0.2, 0) is 4.79 Å². The van der Waals surface area contributed by atoms with E-state index in [1.807, 2.05) is 6.07 Å². The molecule has 3 heteroatoms. The summed E-state index contributed by atoms with van der Waals surface area (Å²) < 4.78 is 0. The van der Waals surface area contributed by atoms with Gasteiger partial charge in [-0.2, -0.15) is 0 Å². The van der Waals surface area contributed by atoms with Crippen molar-refractivity contribution in [2.45, 2.75) is 6.92 Å². The first-order valence-corrected chi connectivity index (χ1v) is 4.90. The molecule has 0 saturated carbocycles. The summed E-state index contributed by atoms with van der Waals surface area (Å²) in [5.74, 6) is -0.202. The van der Waals surface area contributed by atoms with Crippen LogP contribution >= 0.6 is 0 Å². The highest BCUT2D eigenvalue weighted by Gasteiger charge is 1.99. The zero-order chi connectivity index (χ0) is 11.8. The zero-order valence-corrected chi connectivity index (χ0v) is 9.01. The number of carbonyl (C=O) groups is 2. The van der Waals surface area contributed by atoms with E-state index in [1.54, 1.807) is 36.4 Å². The van der Waals surface area contributed by atoms with Crippen molar-refractivity contribution in [1.82, 2.24) is 5.32 Å². The summed E-state index contributed by atoms with van der Waals surface area (Å²) in [4.78, 5) is 22.0. The standard InChI is InChI=1S/C13H13NO2/c1-11(15)7-5-6-10-14-13(16)12-8-3-2-4-9-12/h2-10H,1H3,(H,14,16)/b7-5+,10-6+. The molecule has 0 unspecified atom stereocenters. The average Bonchev–Trinajstić information content (AvgIpc) is 2.29. The van der Waals surface area contributed by atoms with E-state index in [9.17, 15) is 9.59 Å². The van der Waals surface area contributed by atoms with E-state index in [0.717, 1.165) is 0 Å². The highest BCUT2D eigenvalue weighted by atomic mass is 16.1. The van der Waals surface area contributed by atoms with Crippen LogP contribution in [0.25, 0.3) is 0 Å². The van der Waals surface area contributed by atoms with E-state index >= 15 is 0 Å². The van der Waals surface area contributed by atoms with Gasteiger partial charge in [0.15, 0.2) is 5.78 Å². The molecule has 1 aromatic carbocycles. The number of carbonyl (C=O) groups excluding carboxylic acids is 2. The Hall–Kier alpha value is -2.16. The van der Waals surface area contributed by atoms with Crippen molar-refractivity contribution in [3.05, 3.63) is 60.3 Å². The fourth-order valence-corrected chi connectivity index (χ4v) is 1.04. The van der Waals surface area contributed by atoms with Crippen LogP contribution in [0.2, 0.25) is 0 Å². The maximum absolute atomic E-state index is 11.5. The first kappa shape index (κ1) is 11.9. The molecule has 1 rings (SSSR count). The molecule has 1 aromatic rings. The molecular weight excluding hydrogens is 202 g/mol. The van der Waals surface area contributed by atoms with Crippen molar-refractivity contribution in [2.24, 2.45) is 0 Å². The van der Waals surface area contributed by atoms with Crippen LogP contribution in [0.1, 0.15) is 17.3 Å². The molecule has 82 valence electrons. The predicted molar refractivity (Wildman–Crippen MR) is 62.9 cm³/mol. The maximum atomic E-state index is 11.5. The van der Waals surface area contributed by atoms with Crippen molar-refractivity contribution in [3.63, 3.8) is 0 Å². The van der Waals surface area contributed by atoms with Crippen LogP contribution in [0.15, 0.2) is 54.8 Å². The molecule has 0 atom stereocenters. The third kappa shape index (κ3) is 4.37. The molecule has 0 spiro atoms. The summed E-state index contributed by atoms with van der Waals surface area (Å²) in [5.41, 5.74) is 0.600. The van der Waals surface area contributed by atoms with Crippen LogP contribution in [0, 0.1) is 0 Å². The lowest BCUT2D eigenvalue weighted by Gasteiger charge is -1.97. The Morgan fingerprint density at radius 1 is 1.12 bits per heavy atom. The van der Waals surface area contributed by atoms with Crippen LogP contribution in [-0.4, -0.2) is 11.7 Å². The van der Waals surface area contributed by atoms with Crippen molar-refractivity contribution >= 4 is 11.7 Å². The zero-order valence-electron chi connectivity index (χ0n) is 9.01. The lowest BCUT2D eigenvalue weighted by molar-refractivity contribution is -0.112. The Balaban J connectivity index is 2.45. The van der Waals surface area contributed by atoms with Gasteiger partial charge in [-0.3, -0.25) is 9.59 Å². The highest BCUT2D eigenvalue weighted by molar-refractivity contribution is 5.94. The number of benzene rings is 1. The number of rotatable bonds is 4. The first-order chi connectivity index (χ1) is 7.70. The lowest BCUT2D eigenvalue weighted by Crippen LogP contribution is -2.16. The van der Waals surface area contributed by atoms with Crippen molar-refractivity contribution in [2.75, 3.05) is 0 Å². The van der Waals surface area contributed by atoms with Gasteiger partial charge in [-0.05, 0) is 31.2 Å². The smallest absolute Gasteiger partial charge is 0.255 e. The van der Waals surface area contributed by atoms with Gasteiger partial charge in [-0.1, -0.05) is 24.3 Å². The minimum atomic E-state index is -0.173. The number of hydrogen-bond donors (Lipinski definition) is 1. The minimum Gasteiger partial charge on any atom is -0.329 e. The van der Waals surface area contributed by atoms with E-state index in [-0.39, 0.29) is 11.7 Å². The normalized spacial score (nSPS) is 10.8. The highest BCUT2D eigenvalue weighted by Crippen LogP contribution is 1.97. The van der Waals surface area contributed by atoms with Gasteiger partial charge in [0.05, 0.1) is 0 Å². The Kier molecular flexibility index (Phi) is 4.73. The van der Waals surface area contributed by atoms with E-state index in [0.29, 0.717) is 5.56 Å². The van der Waals surface area contributed by atoms with Gasteiger partial charge in [0.25, 0.3) is 5.91 Å². The second-order valence-electron chi connectivity index (χ2n) is 3.17. The molecule has 0 bridgehead atoms. The predicted octanol–water partition coefficient (Wildman–Crippen LogP) is 2.08. The first-order valence-electron chi connectivity index (χ1n) is 4.90. The molecule has 0 aliphatic rings. The Morgan fingerprint density at radius 2 is 1.81 bits per heavy atom. The van der Waals surface area contributed by atoms with Gasteiger partial charge >= 0.3 is 0 Å². The van der Waals surface area contributed by atoms with Crippen LogP contribution in [0.3, 0.4) is 0 Å². The molecule has 16 heavy (non-hydrogen) atoms. The van der Waals surface area contributed by atoms with Gasteiger partial charge < -0.3 is 5.32 Å². The fourth-order valence-electron chi connectivity index (χ4n) is 1.04. The third-order valence-electron chi connectivity index (χ3n) is 1.79. The molecule has 0 heterocycles. The summed E-state index contributed by atoms with van der Waals surface area (Å²) in [6.07, 6.45) is 6.09. The van der Waals surface area contributed by atoms with E-state index < -0.39 is 0 Å². The number of hydrogen-bond acceptors (Lipinski definition) is 2. The maximum Gasteiger partial charge on any atom is 0.255 e. The van der Waals surface area contributed by atoms with Gasteiger partial charge in [0, 0.05) is 11.8 Å². The van der Waals surface area contributed by atoms with Crippen LogP contribution in [0.5, 0.6) is 0 Å². The third-order valence-corrected chi connectivity index (χ3v) is 1.79. The van der Waals surface area contributed by atoms with Gasteiger partial charge in [-0.15, -0.1) is 0 Å². The second-order valence-corrected chi connectivity index (χ2v) is 3.17. The summed E-state index contributed by atoms with van der Waals surface area (Å²) in [7, 11) is 0. The van der Waals surface area contributed by atoms with Gasteiger partial charge in [0.2, 0.25) is 0 Å². The molecule has 1 amide bonds. The Labute approximate surface area is 94.5 Å². The monoisotopic (exact) mass is 215 g/mol. The summed E-state index contributed by atoms with van der Waals surface area (Å²) in [5, 5.41) is 2.59. The largest absolute Gasteiger partial charge is 0.329 e. The van der Waals surface area contributed by atoms with Crippen LogP contribution < -0.4 is 5.32 Å². The summed E-state index contributed by atoms with van der Waals surface area (Å²) in [6, 6.07) is 8.91. The number of amides is 1.